The van der Waals surface area contributed by atoms with Gasteiger partial charge in [-0.05, 0) is 42.5 Å². The maximum atomic E-state index is 11.5. The Morgan fingerprint density at radius 3 is 2.31 bits per heavy atom. The Hall–Kier alpha value is -3.23. The number of benzene rings is 2. The molecule has 36 heavy (non-hydrogen) atoms. The van der Waals surface area contributed by atoms with Gasteiger partial charge in [-0.3, -0.25) is 4.79 Å². The van der Waals surface area contributed by atoms with Crippen molar-refractivity contribution in [1.29, 1.82) is 0 Å². The van der Waals surface area contributed by atoms with Crippen molar-refractivity contribution in [1.82, 2.24) is 15.0 Å². The molecule has 0 aliphatic heterocycles. The Labute approximate surface area is 220 Å². The van der Waals surface area contributed by atoms with Gasteiger partial charge in [-0.1, -0.05) is 73.3 Å². The molecule has 0 radical (unpaired) electrons. The van der Waals surface area contributed by atoms with Crippen LogP contribution in [-0.2, 0) is 24.2 Å². The second kappa shape index (κ2) is 11.7. The number of carboxylic acids is 1. The van der Waals surface area contributed by atoms with Gasteiger partial charge in [-0.2, -0.15) is 0 Å². The third-order valence-electron chi connectivity index (χ3n) is 5.84. The molecule has 4 rings (SSSR count). The molecule has 0 fully saturated rings. The molecule has 0 aliphatic rings. The van der Waals surface area contributed by atoms with Gasteiger partial charge in [0, 0.05) is 37.3 Å². The number of aromatic nitrogens is 3. The number of hydrogen-bond donors (Lipinski definition) is 1. The molecule has 2 heterocycles. The van der Waals surface area contributed by atoms with Crippen LogP contribution in [0.15, 0.2) is 76.7 Å². The molecule has 1 N–H and O–H groups in total. The third kappa shape index (κ3) is 6.71. The minimum atomic E-state index is -0.915. The SMILES string of the molecule is CCc1cnc(N(CCc2csc(SC(C)(C)C(=O)O)n2)Cc2ccc(-c3ccccc3)cc2)nc1. The number of carbonyl (C=O) groups is 1. The Balaban J connectivity index is 1.48. The van der Waals surface area contributed by atoms with Gasteiger partial charge in [0.25, 0.3) is 0 Å². The molecule has 0 saturated heterocycles. The molecule has 0 saturated carbocycles. The fourth-order valence-corrected chi connectivity index (χ4v) is 5.78. The van der Waals surface area contributed by atoms with E-state index in [-0.39, 0.29) is 0 Å². The Morgan fingerprint density at radius 1 is 1.00 bits per heavy atom. The first-order chi connectivity index (χ1) is 17.3. The molecule has 2 aromatic heterocycles. The van der Waals surface area contributed by atoms with E-state index in [1.54, 1.807) is 13.8 Å². The number of anilines is 1. The molecule has 0 bridgehead atoms. The molecular formula is C28H30N4O2S2. The van der Waals surface area contributed by atoms with Crippen LogP contribution >= 0.6 is 23.1 Å². The molecular weight excluding hydrogens is 488 g/mol. The van der Waals surface area contributed by atoms with E-state index in [4.69, 9.17) is 0 Å². The van der Waals surface area contributed by atoms with Gasteiger partial charge in [0.2, 0.25) is 5.95 Å². The molecule has 0 atom stereocenters. The van der Waals surface area contributed by atoms with Crippen molar-refractivity contribution in [2.45, 2.75) is 49.2 Å². The van der Waals surface area contributed by atoms with Crippen molar-refractivity contribution in [2.75, 3.05) is 11.4 Å². The monoisotopic (exact) mass is 518 g/mol. The predicted octanol–water partition coefficient (Wildman–Crippen LogP) is 6.37. The van der Waals surface area contributed by atoms with E-state index in [2.05, 4.69) is 63.2 Å². The topological polar surface area (TPSA) is 79.2 Å². The second-order valence-corrected chi connectivity index (χ2v) is 11.7. The predicted molar refractivity (Wildman–Crippen MR) is 148 cm³/mol. The van der Waals surface area contributed by atoms with Crippen LogP contribution in [0.1, 0.15) is 37.6 Å². The van der Waals surface area contributed by atoms with E-state index in [0.29, 0.717) is 25.5 Å². The first-order valence-electron chi connectivity index (χ1n) is 11.9. The number of thiazole rings is 1. The molecule has 8 heteroatoms. The van der Waals surface area contributed by atoms with Crippen LogP contribution in [0, 0.1) is 0 Å². The minimum absolute atomic E-state index is 0.679. The van der Waals surface area contributed by atoms with Crippen molar-refractivity contribution in [3.8, 4) is 11.1 Å². The fourth-order valence-electron chi connectivity index (χ4n) is 3.56. The molecule has 4 aromatic rings. The van der Waals surface area contributed by atoms with Crippen LogP contribution in [0.4, 0.5) is 5.95 Å². The van der Waals surface area contributed by atoms with Crippen molar-refractivity contribution >= 4 is 35.0 Å². The second-order valence-electron chi connectivity index (χ2n) is 9.00. The van der Waals surface area contributed by atoms with E-state index in [1.165, 1.54) is 39.8 Å². The highest BCUT2D eigenvalue weighted by molar-refractivity contribution is 8.03. The normalized spacial score (nSPS) is 11.4. The summed E-state index contributed by atoms with van der Waals surface area (Å²) < 4.78 is -0.147. The van der Waals surface area contributed by atoms with E-state index < -0.39 is 10.7 Å². The van der Waals surface area contributed by atoms with E-state index in [0.717, 1.165) is 22.0 Å². The van der Waals surface area contributed by atoms with Gasteiger partial charge in [0.05, 0.1) is 5.69 Å². The van der Waals surface area contributed by atoms with Crippen molar-refractivity contribution < 1.29 is 9.90 Å². The van der Waals surface area contributed by atoms with Crippen LogP contribution < -0.4 is 4.90 Å². The molecule has 0 amide bonds. The summed E-state index contributed by atoms with van der Waals surface area (Å²) >= 11 is 2.77. The minimum Gasteiger partial charge on any atom is -0.480 e. The molecule has 0 spiro atoms. The number of hydrogen-bond acceptors (Lipinski definition) is 7. The van der Waals surface area contributed by atoms with Gasteiger partial charge < -0.3 is 10.0 Å². The summed E-state index contributed by atoms with van der Waals surface area (Å²) in [6, 6.07) is 19.0. The van der Waals surface area contributed by atoms with Gasteiger partial charge in [-0.15, -0.1) is 11.3 Å². The summed E-state index contributed by atoms with van der Waals surface area (Å²) in [5.41, 5.74) is 5.61. The lowest BCUT2D eigenvalue weighted by molar-refractivity contribution is -0.138. The number of thioether (sulfide) groups is 1. The maximum absolute atomic E-state index is 11.5. The van der Waals surface area contributed by atoms with Crippen LogP contribution in [0.3, 0.4) is 0 Å². The highest BCUT2D eigenvalue weighted by atomic mass is 32.2. The Kier molecular flexibility index (Phi) is 8.38. The molecule has 0 aliphatic carbocycles. The number of aliphatic carboxylic acids is 1. The maximum Gasteiger partial charge on any atom is 0.319 e. The zero-order chi connectivity index (χ0) is 25.5. The summed E-state index contributed by atoms with van der Waals surface area (Å²) in [7, 11) is 0. The quantitative estimate of drug-likeness (QED) is 0.231. The average molecular weight is 519 g/mol. The highest BCUT2D eigenvalue weighted by Crippen LogP contribution is 2.34. The van der Waals surface area contributed by atoms with Gasteiger partial charge >= 0.3 is 5.97 Å². The summed E-state index contributed by atoms with van der Waals surface area (Å²) in [5.74, 6) is -0.155. The van der Waals surface area contributed by atoms with Crippen molar-refractivity contribution in [3.63, 3.8) is 0 Å². The number of aryl methyl sites for hydroxylation is 1. The molecule has 0 unspecified atom stereocenters. The first-order valence-corrected chi connectivity index (χ1v) is 13.6. The molecule has 186 valence electrons. The standard InChI is InChI=1S/C28H30N4O2S2/c1-4-20-16-29-26(30-17-20)32(15-14-24-19-35-27(31-24)36-28(2,3)25(33)34)18-21-10-12-23(13-11-21)22-8-6-5-7-9-22/h5-13,16-17,19H,4,14-15,18H2,1-3H3,(H,33,34). The van der Waals surface area contributed by atoms with Crippen molar-refractivity contribution in [2.24, 2.45) is 0 Å². The van der Waals surface area contributed by atoms with E-state index in [1.807, 2.05) is 36.0 Å². The lowest BCUT2D eigenvalue weighted by atomic mass is 10.0. The smallest absolute Gasteiger partial charge is 0.319 e. The number of rotatable bonds is 11. The summed E-state index contributed by atoms with van der Waals surface area (Å²) in [6.07, 6.45) is 5.39. The summed E-state index contributed by atoms with van der Waals surface area (Å²) in [4.78, 5) is 27.6. The van der Waals surface area contributed by atoms with Gasteiger partial charge in [0.15, 0.2) is 4.34 Å². The number of nitrogens with zero attached hydrogens (tertiary/aromatic N) is 4. The lowest BCUT2D eigenvalue weighted by Crippen LogP contribution is -2.27. The van der Waals surface area contributed by atoms with Gasteiger partial charge in [0.1, 0.15) is 4.75 Å². The Morgan fingerprint density at radius 2 is 1.67 bits per heavy atom. The largest absolute Gasteiger partial charge is 0.480 e. The zero-order valence-electron chi connectivity index (χ0n) is 20.7. The third-order valence-corrected chi connectivity index (χ3v) is 8.02. The molecule has 2 aromatic carbocycles. The molecule has 6 nitrogen and oxygen atoms in total. The van der Waals surface area contributed by atoms with E-state index in [9.17, 15) is 9.90 Å². The first kappa shape index (κ1) is 25.9. The van der Waals surface area contributed by atoms with Crippen LogP contribution in [0.5, 0.6) is 0 Å². The highest BCUT2D eigenvalue weighted by Gasteiger charge is 2.29. The fraction of sp³-hybridized carbons (Fsp3) is 0.286. The van der Waals surface area contributed by atoms with Crippen LogP contribution in [-0.4, -0.2) is 37.3 Å². The van der Waals surface area contributed by atoms with Crippen LogP contribution in [0.25, 0.3) is 11.1 Å². The zero-order valence-corrected chi connectivity index (χ0v) is 22.4. The van der Waals surface area contributed by atoms with Crippen LogP contribution in [0.2, 0.25) is 0 Å². The lowest BCUT2D eigenvalue weighted by Gasteiger charge is -2.22. The van der Waals surface area contributed by atoms with E-state index >= 15 is 0 Å². The Bertz CT molecular complexity index is 1270. The summed E-state index contributed by atoms with van der Waals surface area (Å²) in [5, 5.41) is 11.4. The van der Waals surface area contributed by atoms with Gasteiger partial charge in [-0.25, -0.2) is 15.0 Å². The number of carboxylic acid groups (broad SMARTS) is 1. The van der Waals surface area contributed by atoms with Crippen molar-refractivity contribution in [3.05, 3.63) is 89.2 Å². The summed E-state index contributed by atoms with van der Waals surface area (Å²) in [6.45, 7) is 6.86. The average Bonchev–Trinajstić information content (AvgIpc) is 3.34.